The summed E-state index contributed by atoms with van der Waals surface area (Å²) in [5.41, 5.74) is 0. The zero-order valence-corrected chi connectivity index (χ0v) is 53.4. The highest BCUT2D eigenvalue weighted by atomic mass is 16.5. The molecule has 0 aliphatic rings. The summed E-state index contributed by atoms with van der Waals surface area (Å²) in [5, 5.41) is 23.2. The molecule has 2 unspecified atom stereocenters. The van der Waals surface area contributed by atoms with Crippen LogP contribution in [0.4, 0.5) is 0 Å². The lowest BCUT2D eigenvalue weighted by molar-refractivity contribution is -0.143. The van der Waals surface area contributed by atoms with Crippen LogP contribution in [0.5, 0.6) is 0 Å². The molecule has 0 bridgehead atoms. The summed E-state index contributed by atoms with van der Waals surface area (Å²) < 4.78 is 5.51. The fourth-order valence-corrected chi connectivity index (χ4v) is 11.2. The van der Waals surface area contributed by atoms with Crippen LogP contribution < -0.4 is 5.32 Å². The number of hydrogen-bond donors (Lipinski definition) is 3. The van der Waals surface area contributed by atoms with E-state index in [9.17, 15) is 19.8 Å². The van der Waals surface area contributed by atoms with Crippen LogP contribution in [0.2, 0.25) is 0 Å². The molecule has 79 heavy (non-hydrogen) atoms. The van der Waals surface area contributed by atoms with Crippen molar-refractivity contribution in [3.8, 4) is 0 Å². The minimum atomic E-state index is -0.845. The van der Waals surface area contributed by atoms with E-state index in [1.54, 1.807) is 6.08 Å². The maximum atomic E-state index is 12.5. The number of amides is 1. The quantitative estimate of drug-likeness (QED) is 0.0320. The Morgan fingerprint density at radius 2 is 0.633 bits per heavy atom. The molecule has 0 saturated carbocycles. The first-order valence-corrected chi connectivity index (χ1v) is 35.8. The predicted octanol–water partition coefficient (Wildman–Crippen LogP) is 23.1. The molecule has 6 heteroatoms. The van der Waals surface area contributed by atoms with E-state index in [0.717, 1.165) is 51.4 Å². The van der Waals surface area contributed by atoms with Crippen LogP contribution in [-0.4, -0.2) is 47.4 Å². The molecule has 0 spiro atoms. The average molecular weight is 1110 g/mol. The van der Waals surface area contributed by atoms with Gasteiger partial charge in [0.25, 0.3) is 0 Å². The summed E-state index contributed by atoms with van der Waals surface area (Å²) in [7, 11) is 0. The van der Waals surface area contributed by atoms with Crippen molar-refractivity contribution in [2.24, 2.45) is 0 Å². The van der Waals surface area contributed by atoms with Crippen LogP contribution in [-0.2, 0) is 14.3 Å². The number of carbonyl (C=O) groups is 2. The molecular weight excluding hydrogens is 971 g/mol. The summed E-state index contributed by atoms with van der Waals surface area (Å²) in [6, 6.07) is -0.629. The monoisotopic (exact) mass is 1110 g/mol. The van der Waals surface area contributed by atoms with Gasteiger partial charge in [0.2, 0.25) is 5.91 Å². The largest absolute Gasteiger partial charge is 0.466 e. The Kier molecular flexibility index (Phi) is 66.9. The lowest BCUT2D eigenvalue weighted by atomic mass is 10.0. The van der Waals surface area contributed by atoms with Crippen LogP contribution >= 0.6 is 0 Å². The molecule has 0 fully saturated rings. The van der Waals surface area contributed by atoms with Gasteiger partial charge in [-0.2, -0.15) is 0 Å². The smallest absolute Gasteiger partial charge is 0.305 e. The Labute approximate surface area is 494 Å². The molecule has 0 saturated heterocycles. The summed E-state index contributed by atoms with van der Waals surface area (Å²) in [6.07, 6.45) is 87.9. The number of unbranched alkanes of at least 4 members (excludes halogenated alkanes) is 52. The Morgan fingerprint density at radius 1 is 0.354 bits per heavy atom. The molecule has 466 valence electrons. The highest BCUT2D eigenvalue weighted by Gasteiger charge is 2.18. The molecule has 0 heterocycles. The molecule has 0 radical (unpaired) electrons. The number of carbonyl (C=O) groups excluding carboxylic acids is 2. The van der Waals surface area contributed by atoms with Crippen molar-refractivity contribution in [3.05, 3.63) is 36.5 Å². The molecule has 0 rings (SSSR count). The maximum absolute atomic E-state index is 12.5. The lowest BCUT2D eigenvalue weighted by Crippen LogP contribution is -2.45. The Morgan fingerprint density at radius 3 is 0.987 bits per heavy atom. The van der Waals surface area contributed by atoms with E-state index in [0.29, 0.717) is 19.4 Å². The third-order valence-corrected chi connectivity index (χ3v) is 16.7. The number of esters is 1. The molecule has 0 aromatic heterocycles. The molecule has 0 aromatic rings. The molecule has 2 atom stereocenters. The van der Waals surface area contributed by atoms with E-state index in [2.05, 4.69) is 43.5 Å². The second-order valence-corrected chi connectivity index (χ2v) is 24.6. The minimum absolute atomic E-state index is 0.0108. The zero-order valence-electron chi connectivity index (χ0n) is 53.4. The number of allylic oxidation sites excluding steroid dienone is 5. The third-order valence-electron chi connectivity index (χ3n) is 16.7. The molecule has 3 N–H and O–H groups in total. The molecule has 0 aromatic carbocycles. The number of ether oxygens (including phenoxy) is 1. The predicted molar refractivity (Wildman–Crippen MR) is 347 cm³/mol. The van der Waals surface area contributed by atoms with Crippen LogP contribution in [0, 0.1) is 0 Å². The fourth-order valence-electron chi connectivity index (χ4n) is 11.2. The van der Waals surface area contributed by atoms with E-state index < -0.39 is 12.1 Å². The van der Waals surface area contributed by atoms with Gasteiger partial charge in [-0.05, 0) is 64.2 Å². The van der Waals surface area contributed by atoms with Gasteiger partial charge in [-0.3, -0.25) is 9.59 Å². The van der Waals surface area contributed by atoms with Gasteiger partial charge in [-0.1, -0.05) is 352 Å². The minimum Gasteiger partial charge on any atom is -0.466 e. The van der Waals surface area contributed by atoms with Crippen LogP contribution in [0.25, 0.3) is 0 Å². The van der Waals surface area contributed by atoms with Crippen molar-refractivity contribution >= 4 is 11.9 Å². The molecular formula is C73H139NO5. The van der Waals surface area contributed by atoms with Crippen molar-refractivity contribution in [2.75, 3.05) is 13.2 Å². The normalized spacial score (nSPS) is 12.7. The van der Waals surface area contributed by atoms with Gasteiger partial charge in [-0.15, -0.1) is 0 Å². The van der Waals surface area contributed by atoms with Crippen molar-refractivity contribution in [2.45, 2.75) is 405 Å². The van der Waals surface area contributed by atoms with Crippen LogP contribution in [0.3, 0.4) is 0 Å². The van der Waals surface area contributed by atoms with E-state index in [1.807, 2.05) is 6.08 Å². The Balaban J connectivity index is 3.39. The van der Waals surface area contributed by atoms with Gasteiger partial charge in [0.15, 0.2) is 0 Å². The lowest BCUT2D eigenvalue weighted by Gasteiger charge is -2.20. The number of rotatable bonds is 67. The number of hydrogen-bond acceptors (Lipinski definition) is 5. The van der Waals surface area contributed by atoms with Crippen LogP contribution in [0.15, 0.2) is 36.5 Å². The second-order valence-electron chi connectivity index (χ2n) is 24.6. The molecule has 0 aliphatic heterocycles. The average Bonchev–Trinajstić information content (AvgIpc) is 3.45. The summed E-state index contributed by atoms with van der Waals surface area (Å²) in [6.45, 7) is 4.91. The van der Waals surface area contributed by atoms with Gasteiger partial charge in [-0.25, -0.2) is 0 Å². The van der Waals surface area contributed by atoms with Crippen molar-refractivity contribution < 1.29 is 24.5 Å². The first-order chi connectivity index (χ1) is 39.0. The first-order valence-electron chi connectivity index (χ1n) is 35.8. The summed E-state index contributed by atoms with van der Waals surface area (Å²) in [5.74, 6) is -0.0532. The van der Waals surface area contributed by atoms with E-state index >= 15 is 0 Å². The maximum Gasteiger partial charge on any atom is 0.305 e. The first kappa shape index (κ1) is 77.1. The van der Waals surface area contributed by atoms with Gasteiger partial charge >= 0.3 is 5.97 Å². The fraction of sp³-hybridized carbons (Fsp3) is 0.890. The van der Waals surface area contributed by atoms with Gasteiger partial charge in [0.05, 0.1) is 25.4 Å². The molecule has 6 nitrogen and oxygen atoms in total. The number of aliphatic hydroxyl groups excluding tert-OH is 2. The van der Waals surface area contributed by atoms with Crippen molar-refractivity contribution in [1.82, 2.24) is 5.32 Å². The highest BCUT2D eigenvalue weighted by molar-refractivity contribution is 5.76. The van der Waals surface area contributed by atoms with Crippen molar-refractivity contribution in [3.63, 3.8) is 0 Å². The van der Waals surface area contributed by atoms with E-state index in [1.165, 1.54) is 315 Å². The molecule has 1 amide bonds. The second kappa shape index (κ2) is 68.6. The van der Waals surface area contributed by atoms with Gasteiger partial charge in [0.1, 0.15) is 0 Å². The number of aliphatic hydroxyl groups is 2. The SMILES string of the molecule is CCCCC/C=C\C/C=C\CCCCCCCCCCCC(=O)OCCCCCCCCCCCCCCCCCCCCCCCCCC(=O)NC(CO)C(O)/C=C/CCCCCCCCCCCCCCCCCCCC. The number of nitrogens with one attached hydrogen (secondary N) is 1. The standard InChI is InChI=1S/C73H139NO5/c1-3-5-7-9-11-13-15-17-19-21-23-30-33-37-41-45-49-53-57-61-65-71(76)70(69-75)74-72(77)66-62-58-54-50-46-42-38-34-31-27-25-24-26-28-32-36-40-44-48-52-56-60-64-68-79-73(78)67-63-59-55-51-47-43-39-35-29-22-20-18-16-14-12-10-8-6-4-2/h12,14,18,20,61,65,70-71,75-76H,3-11,13,15-17,19,21-60,62-64,66-69H2,1-2H3,(H,74,77)/b14-12-,20-18-,65-61+. The van der Waals surface area contributed by atoms with E-state index in [4.69, 9.17) is 4.74 Å². The van der Waals surface area contributed by atoms with E-state index in [-0.39, 0.29) is 18.5 Å². The van der Waals surface area contributed by atoms with Gasteiger partial charge < -0.3 is 20.3 Å². The zero-order chi connectivity index (χ0) is 57.1. The van der Waals surface area contributed by atoms with Gasteiger partial charge in [0, 0.05) is 12.8 Å². The Bertz CT molecular complexity index is 1280. The summed E-state index contributed by atoms with van der Waals surface area (Å²) in [4.78, 5) is 24.6. The van der Waals surface area contributed by atoms with Crippen molar-refractivity contribution in [1.29, 1.82) is 0 Å². The summed E-state index contributed by atoms with van der Waals surface area (Å²) >= 11 is 0. The topological polar surface area (TPSA) is 95.9 Å². The van der Waals surface area contributed by atoms with Crippen LogP contribution in [0.1, 0.15) is 393 Å². The Hall–Kier alpha value is -1.92. The molecule has 0 aliphatic carbocycles. The highest BCUT2D eigenvalue weighted by Crippen LogP contribution is 2.19. The third kappa shape index (κ3) is 65.1.